The van der Waals surface area contributed by atoms with E-state index in [2.05, 4.69) is 4.74 Å². The van der Waals surface area contributed by atoms with E-state index in [0.29, 0.717) is 0 Å². The zero-order valence-electron chi connectivity index (χ0n) is 7.38. The molecule has 0 amide bonds. The molecule has 1 fully saturated rings. The van der Waals surface area contributed by atoms with Crippen LogP contribution in [0.15, 0.2) is 0 Å². The second-order valence-corrected chi connectivity index (χ2v) is 5.85. The molecule has 0 aromatic heterocycles. The van der Waals surface area contributed by atoms with Crippen LogP contribution in [0.2, 0.25) is 0 Å². The lowest BCUT2D eigenvalue weighted by Crippen LogP contribution is -2.12. The van der Waals surface area contributed by atoms with Gasteiger partial charge in [-0.05, 0) is 0 Å². The third kappa shape index (κ3) is 2.82. The molecule has 1 heterocycles. The summed E-state index contributed by atoms with van der Waals surface area (Å²) in [6.07, 6.45) is -0.754. The quantitative estimate of drug-likeness (QED) is 0.514. The lowest BCUT2D eigenvalue weighted by Gasteiger charge is -2.14. The summed E-state index contributed by atoms with van der Waals surface area (Å²) >= 11 is 0. The highest BCUT2D eigenvalue weighted by molar-refractivity contribution is 7.58. The summed E-state index contributed by atoms with van der Waals surface area (Å²) in [4.78, 5) is 30.3. The lowest BCUT2D eigenvalue weighted by molar-refractivity contribution is -0.138. The van der Waals surface area contributed by atoms with Gasteiger partial charge in [0.05, 0.1) is 18.5 Å². The maximum absolute atomic E-state index is 11.5. The first-order chi connectivity index (χ1) is 6.42. The first-order valence-electron chi connectivity index (χ1n) is 4.11. The number of carbonyl (C=O) groups excluding carboxylic acids is 1. The average Bonchev–Trinajstić information content (AvgIpc) is 2.49. The third-order valence-electron chi connectivity index (χ3n) is 2.06. The van der Waals surface area contributed by atoms with Crippen LogP contribution in [0.1, 0.15) is 12.8 Å². The number of ether oxygens (including phenoxy) is 1. The van der Waals surface area contributed by atoms with Gasteiger partial charge in [-0.1, -0.05) is 0 Å². The van der Waals surface area contributed by atoms with Gasteiger partial charge in [-0.15, -0.1) is 0 Å². The van der Waals surface area contributed by atoms with Crippen LogP contribution < -0.4 is 0 Å². The molecule has 1 aliphatic rings. The van der Waals surface area contributed by atoms with Gasteiger partial charge in [-0.25, -0.2) is 0 Å². The molecule has 2 N–H and O–H groups in total. The van der Waals surface area contributed by atoms with Gasteiger partial charge in [0.2, 0.25) is 7.37 Å². The molecule has 0 saturated carbocycles. The minimum Gasteiger partial charge on any atom is -0.481 e. The molecule has 1 rings (SSSR count). The van der Waals surface area contributed by atoms with Gasteiger partial charge in [0.25, 0.3) is 0 Å². The van der Waals surface area contributed by atoms with Gasteiger partial charge < -0.3 is 14.7 Å². The van der Waals surface area contributed by atoms with Crippen LogP contribution in [0.4, 0.5) is 0 Å². The Morgan fingerprint density at radius 1 is 1.64 bits per heavy atom. The first-order valence-corrected chi connectivity index (χ1v) is 6.02. The first kappa shape index (κ1) is 11.2. The Kier molecular flexibility index (Phi) is 3.29. The summed E-state index contributed by atoms with van der Waals surface area (Å²) < 4.78 is 16.1. The molecule has 0 aliphatic carbocycles. The molecular formula is C7H11O6P. The summed E-state index contributed by atoms with van der Waals surface area (Å²) in [7, 11) is -3.56. The maximum atomic E-state index is 11.5. The normalized spacial score (nSPS) is 25.5. The van der Waals surface area contributed by atoms with Crippen LogP contribution >= 0.6 is 7.37 Å². The van der Waals surface area contributed by atoms with Gasteiger partial charge in [-0.2, -0.15) is 0 Å². The minimum atomic E-state index is -3.56. The number of carboxylic acids is 1. The Labute approximate surface area is 80.3 Å². The van der Waals surface area contributed by atoms with E-state index in [4.69, 9.17) is 5.11 Å². The second kappa shape index (κ2) is 4.11. The van der Waals surface area contributed by atoms with Crippen molar-refractivity contribution in [2.45, 2.75) is 18.5 Å². The Bertz CT molecular complexity index is 299. The maximum Gasteiger partial charge on any atom is 0.306 e. The van der Waals surface area contributed by atoms with Crippen molar-refractivity contribution < 1.29 is 28.9 Å². The van der Waals surface area contributed by atoms with Crippen molar-refractivity contribution in [1.29, 1.82) is 0 Å². The van der Waals surface area contributed by atoms with Crippen LogP contribution in [0, 0.1) is 0 Å². The van der Waals surface area contributed by atoms with Crippen LogP contribution in [0.3, 0.4) is 0 Å². The Hall–Kier alpha value is -0.870. The molecule has 0 bridgehead atoms. The highest BCUT2D eigenvalue weighted by Gasteiger charge is 2.38. The molecule has 80 valence electrons. The molecule has 2 atom stereocenters. The fourth-order valence-electron chi connectivity index (χ4n) is 1.20. The highest BCUT2D eigenvalue weighted by Crippen LogP contribution is 2.50. The van der Waals surface area contributed by atoms with E-state index in [1.54, 1.807) is 0 Å². The molecule has 0 radical (unpaired) electrons. The molecule has 0 spiro atoms. The largest absolute Gasteiger partial charge is 0.481 e. The van der Waals surface area contributed by atoms with E-state index in [0.717, 1.165) is 0 Å². The van der Waals surface area contributed by atoms with E-state index >= 15 is 0 Å². The van der Waals surface area contributed by atoms with Gasteiger partial charge in [0.15, 0.2) is 0 Å². The predicted molar refractivity (Wildman–Crippen MR) is 46.3 cm³/mol. The number of aliphatic carboxylic acids is 1. The van der Waals surface area contributed by atoms with E-state index in [-0.39, 0.29) is 25.6 Å². The molecule has 0 aromatic carbocycles. The molecule has 1 aliphatic heterocycles. The molecular weight excluding hydrogens is 211 g/mol. The third-order valence-corrected chi connectivity index (χ3v) is 4.39. The lowest BCUT2D eigenvalue weighted by atomic mass is 10.4. The zero-order valence-corrected chi connectivity index (χ0v) is 8.27. The number of hydrogen-bond acceptors (Lipinski definition) is 4. The van der Waals surface area contributed by atoms with Crippen LogP contribution in [-0.4, -0.2) is 40.4 Å². The van der Waals surface area contributed by atoms with Gasteiger partial charge >= 0.3 is 11.9 Å². The van der Waals surface area contributed by atoms with Gasteiger partial charge in [-0.3, -0.25) is 14.2 Å². The van der Waals surface area contributed by atoms with E-state index in [1.165, 1.54) is 0 Å². The van der Waals surface area contributed by atoms with Crippen molar-refractivity contribution in [3.05, 3.63) is 0 Å². The number of hydrogen-bond donors (Lipinski definition) is 2. The number of carboxylic acid groups (broad SMARTS) is 1. The number of cyclic esters (lactones) is 1. The fraction of sp³-hybridized carbons (Fsp3) is 0.714. The fourth-order valence-corrected chi connectivity index (χ4v) is 2.82. The monoisotopic (exact) mass is 222 g/mol. The van der Waals surface area contributed by atoms with Crippen molar-refractivity contribution in [3.8, 4) is 0 Å². The Balaban J connectivity index is 2.52. The van der Waals surface area contributed by atoms with Crippen molar-refractivity contribution in [2.75, 3.05) is 12.8 Å². The van der Waals surface area contributed by atoms with Crippen LogP contribution in [-0.2, 0) is 18.9 Å². The summed E-state index contributed by atoms with van der Waals surface area (Å²) in [5.74, 6) is -1.62. The molecule has 1 saturated heterocycles. The number of rotatable bonds is 4. The van der Waals surface area contributed by atoms with Crippen molar-refractivity contribution in [1.82, 2.24) is 0 Å². The van der Waals surface area contributed by atoms with E-state index < -0.39 is 25.0 Å². The second-order valence-electron chi connectivity index (χ2n) is 3.16. The zero-order chi connectivity index (χ0) is 10.8. The van der Waals surface area contributed by atoms with Gasteiger partial charge in [0, 0.05) is 6.16 Å². The van der Waals surface area contributed by atoms with Crippen molar-refractivity contribution in [3.63, 3.8) is 0 Å². The van der Waals surface area contributed by atoms with Crippen molar-refractivity contribution in [2.24, 2.45) is 0 Å². The molecule has 0 aromatic rings. The van der Waals surface area contributed by atoms with E-state index in [1.807, 2.05) is 0 Å². The van der Waals surface area contributed by atoms with Gasteiger partial charge in [0.1, 0.15) is 6.61 Å². The average molecular weight is 222 g/mol. The highest BCUT2D eigenvalue weighted by atomic mass is 31.2. The SMILES string of the molecule is O=C(O)CCP(=O)(O)[C@@H]1COC(=O)C1. The topological polar surface area (TPSA) is 101 Å². The minimum absolute atomic E-state index is 0.0772. The Morgan fingerprint density at radius 2 is 2.29 bits per heavy atom. The molecule has 7 heteroatoms. The van der Waals surface area contributed by atoms with E-state index in [9.17, 15) is 19.0 Å². The van der Waals surface area contributed by atoms with Crippen LogP contribution in [0.5, 0.6) is 0 Å². The standard InChI is InChI=1S/C7H11O6P/c8-6(9)1-2-14(11,12)5-3-7(10)13-4-5/h5H,1-4H2,(H,8,9)(H,11,12)/t5-/m0/s1. The summed E-state index contributed by atoms with van der Waals surface area (Å²) in [6.45, 7) is -0.0772. The summed E-state index contributed by atoms with van der Waals surface area (Å²) in [5, 5.41) is 8.34. The Morgan fingerprint density at radius 3 is 2.71 bits per heavy atom. The molecule has 6 nitrogen and oxygen atoms in total. The molecule has 14 heavy (non-hydrogen) atoms. The summed E-state index contributed by atoms with van der Waals surface area (Å²) in [5.41, 5.74) is -0.727. The van der Waals surface area contributed by atoms with Crippen LogP contribution in [0.25, 0.3) is 0 Å². The predicted octanol–water partition coefficient (Wildman–Crippen LogP) is 0.0470. The number of esters is 1. The molecule has 1 unspecified atom stereocenters. The van der Waals surface area contributed by atoms with Crippen molar-refractivity contribution >= 4 is 19.3 Å². The summed E-state index contributed by atoms with van der Waals surface area (Å²) in [6, 6.07) is 0. The number of carbonyl (C=O) groups is 2. The smallest absolute Gasteiger partial charge is 0.306 e.